The molecule has 1 aliphatic rings. The van der Waals surface area contributed by atoms with Crippen molar-refractivity contribution in [2.75, 3.05) is 5.32 Å². The minimum Gasteiger partial charge on any atom is -0.478 e. The number of carbonyl (C=O) groups excluding carboxylic acids is 1. The maximum Gasteiger partial charge on any atom is 0.337 e. The molecule has 1 aromatic rings. The number of hydrogen-bond donors (Lipinski definition) is 3. The summed E-state index contributed by atoms with van der Waals surface area (Å²) in [6.07, 6.45) is 1.87. The van der Waals surface area contributed by atoms with E-state index in [4.69, 9.17) is 16.7 Å². The van der Waals surface area contributed by atoms with Gasteiger partial charge in [0.25, 0.3) is 0 Å². The van der Waals surface area contributed by atoms with Crippen molar-refractivity contribution in [3.63, 3.8) is 0 Å². The van der Waals surface area contributed by atoms with Gasteiger partial charge in [0.2, 0.25) is 0 Å². The second-order valence-corrected chi connectivity index (χ2v) is 5.07. The van der Waals surface area contributed by atoms with Gasteiger partial charge in [-0.3, -0.25) is 0 Å². The average molecular weight is 269 g/mol. The molecule has 18 heavy (non-hydrogen) atoms. The zero-order valence-electron chi connectivity index (χ0n) is 9.79. The summed E-state index contributed by atoms with van der Waals surface area (Å²) < 4.78 is 0. The van der Waals surface area contributed by atoms with Crippen molar-refractivity contribution in [1.29, 1.82) is 0 Å². The zero-order chi connectivity index (χ0) is 13.3. The number of carboxylic acid groups (broad SMARTS) is 1. The lowest BCUT2D eigenvalue weighted by atomic mass is 10.2. The second-order valence-electron chi connectivity index (χ2n) is 4.63. The smallest absolute Gasteiger partial charge is 0.337 e. The third kappa shape index (κ3) is 2.92. The highest BCUT2D eigenvalue weighted by Crippen LogP contribution is 2.34. The summed E-state index contributed by atoms with van der Waals surface area (Å²) in [5.41, 5.74) is 0.0483. The van der Waals surface area contributed by atoms with Gasteiger partial charge >= 0.3 is 12.0 Å². The van der Waals surface area contributed by atoms with Crippen molar-refractivity contribution >= 4 is 29.3 Å². The summed E-state index contributed by atoms with van der Waals surface area (Å²) >= 11 is 5.72. The van der Waals surface area contributed by atoms with Gasteiger partial charge in [-0.05, 0) is 38.0 Å². The quantitative estimate of drug-likeness (QED) is 0.789. The Labute approximate surface area is 109 Å². The normalized spacial score (nSPS) is 15.9. The Morgan fingerprint density at radius 3 is 2.61 bits per heavy atom. The first-order chi connectivity index (χ1) is 8.39. The maximum atomic E-state index is 11.7. The van der Waals surface area contributed by atoms with Crippen molar-refractivity contribution in [2.24, 2.45) is 0 Å². The summed E-state index contributed by atoms with van der Waals surface area (Å²) in [6.45, 7) is 1.94. The van der Waals surface area contributed by atoms with E-state index < -0.39 is 12.0 Å². The Kier molecular flexibility index (Phi) is 3.17. The molecule has 0 aromatic heterocycles. The van der Waals surface area contributed by atoms with Gasteiger partial charge in [-0.2, -0.15) is 0 Å². The number of carbonyl (C=O) groups is 2. The molecule has 96 valence electrons. The van der Waals surface area contributed by atoms with Gasteiger partial charge in [0.1, 0.15) is 0 Å². The number of anilines is 1. The largest absolute Gasteiger partial charge is 0.478 e. The number of carboxylic acids is 1. The molecule has 1 aliphatic carbocycles. The molecule has 1 saturated carbocycles. The number of halogens is 1. The molecule has 0 saturated heterocycles. The fourth-order valence-electron chi connectivity index (χ4n) is 1.54. The molecule has 5 nitrogen and oxygen atoms in total. The van der Waals surface area contributed by atoms with Crippen molar-refractivity contribution in [2.45, 2.75) is 25.3 Å². The highest BCUT2D eigenvalue weighted by atomic mass is 35.5. The molecule has 0 aliphatic heterocycles. The van der Waals surface area contributed by atoms with Gasteiger partial charge < -0.3 is 15.7 Å². The van der Waals surface area contributed by atoms with Gasteiger partial charge in [-0.15, -0.1) is 0 Å². The Balaban J connectivity index is 2.13. The van der Waals surface area contributed by atoms with Crippen LogP contribution in [0.4, 0.5) is 10.5 Å². The van der Waals surface area contributed by atoms with Crippen molar-refractivity contribution in [3.05, 3.63) is 28.8 Å². The van der Waals surface area contributed by atoms with Crippen LogP contribution in [0.1, 0.15) is 30.1 Å². The van der Waals surface area contributed by atoms with Crippen LogP contribution in [0.15, 0.2) is 18.2 Å². The molecule has 2 amide bonds. The predicted octanol–water partition coefficient (Wildman–Crippen LogP) is 2.71. The molecule has 0 unspecified atom stereocenters. The number of urea groups is 1. The second kappa shape index (κ2) is 4.49. The average Bonchev–Trinajstić information content (AvgIpc) is 2.98. The van der Waals surface area contributed by atoms with Crippen LogP contribution < -0.4 is 10.6 Å². The SMILES string of the molecule is CC1(NC(=O)Nc2ccc(Cl)cc2C(=O)O)CC1. The van der Waals surface area contributed by atoms with E-state index in [-0.39, 0.29) is 16.8 Å². The third-order valence-electron chi connectivity index (χ3n) is 2.88. The number of hydrogen-bond acceptors (Lipinski definition) is 2. The lowest BCUT2D eigenvalue weighted by Gasteiger charge is -2.14. The minimum atomic E-state index is -1.13. The van der Waals surface area contributed by atoms with Gasteiger partial charge in [0.15, 0.2) is 0 Å². The molecule has 6 heteroatoms. The van der Waals surface area contributed by atoms with Crippen LogP contribution in [0, 0.1) is 0 Å². The first-order valence-corrected chi connectivity index (χ1v) is 5.89. The Hall–Kier alpha value is -1.75. The van der Waals surface area contributed by atoms with E-state index in [2.05, 4.69) is 10.6 Å². The van der Waals surface area contributed by atoms with Gasteiger partial charge in [0, 0.05) is 10.6 Å². The number of amides is 2. The van der Waals surface area contributed by atoms with Gasteiger partial charge in [0.05, 0.1) is 11.3 Å². The first kappa shape index (κ1) is 12.7. The molecule has 0 atom stereocenters. The Morgan fingerprint density at radius 1 is 1.39 bits per heavy atom. The Bertz CT molecular complexity index is 512. The third-order valence-corrected chi connectivity index (χ3v) is 3.11. The molecule has 1 aromatic carbocycles. The molecule has 0 radical (unpaired) electrons. The lowest BCUT2D eigenvalue weighted by molar-refractivity contribution is 0.0698. The van der Waals surface area contributed by atoms with E-state index in [0.717, 1.165) is 12.8 Å². The number of aromatic carboxylic acids is 1. The molecule has 3 N–H and O–H groups in total. The van der Waals surface area contributed by atoms with Crippen molar-refractivity contribution < 1.29 is 14.7 Å². The number of benzene rings is 1. The molecule has 1 fully saturated rings. The molecule has 0 bridgehead atoms. The van der Waals surface area contributed by atoms with Crippen molar-refractivity contribution in [1.82, 2.24) is 5.32 Å². The zero-order valence-corrected chi connectivity index (χ0v) is 10.5. The van der Waals surface area contributed by atoms with Crippen LogP contribution in [0.2, 0.25) is 5.02 Å². The molecular formula is C12H13ClN2O3. The summed E-state index contributed by atoms with van der Waals surface area (Å²) in [6, 6.07) is 3.90. The summed E-state index contributed by atoms with van der Waals surface area (Å²) in [7, 11) is 0. The van der Waals surface area contributed by atoms with E-state index in [9.17, 15) is 9.59 Å². The van der Waals surface area contributed by atoms with Crippen molar-refractivity contribution in [3.8, 4) is 0 Å². The predicted molar refractivity (Wildman–Crippen MR) is 68.2 cm³/mol. The highest BCUT2D eigenvalue weighted by Gasteiger charge is 2.38. The molecule has 0 heterocycles. The van der Waals surface area contributed by atoms with Crippen LogP contribution in [0.5, 0.6) is 0 Å². The van der Waals surface area contributed by atoms with Crippen LogP contribution in [-0.2, 0) is 0 Å². The summed E-state index contributed by atoms with van der Waals surface area (Å²) in [4.78, 5) is 22.7. The summed E-state index contributed by atoms with van der Waals surface area (Å²) in [5.74, 6) is -1.13. The monoisotopic (exact) mass is 268 g/mol. The van der Waals surface area contributed by atoms with Crippen LogP contribution in [0.3, 0.4) is 0 Å². The topological polar surface area (TPSA) is 78.4 Å². The maximum absolute atomic E-state index is 11.7. The van der Waals surface area contributed by atoms with Gasteiger partial charge in [-0.1, -0.05) is 11.6 Å². The van der Waals surface area contributed by atoms with E-state index in [1.807, 2.05) is 6.92 Å². The van der Waals surface area contributed by atoms with Crippen LogP contribution in [-0.4, -0.2) is 22.6 Å². The lowest BCUT2D eigenvalue weighted by Crippen LogP contribution is -2.37. The van der Waals surface area contributed by atoms with E-state index in [1.165, 1.54) is 18.2 Å². The van der Waals surface area contributed by atoms with E-state index >= 15 is 0 Å². The standard InChI is InChI=1S/C12H13ClN2O3/c1-12(4-5-12)15-11(18)14-9-3-2-7(13)6-8(9)10(16)17/h2-3,6H,4-5H2,1H3,(H,16,17)(H2,14,15,18). The van der Waals surface area contributed by atoms with E-state index in [0.29, 0.717) is 5.02 Å². The number of nitrogens with one attached hydrogen (secondary N) is 2. The van der Waals surface area contributed by atoms with Crippen LogP contribution >= 0.6 is 11.6 Å². The van der Waals surface area contributed by atoms with Crippen LogP contribution in [0.25, 0.3) is 0 Å². The summed E-state index contributed by atoms with van der Waals surface area (Å²) in [5, 5.41) is 14.6. The van der Waals surface area contributed by atoms with E-state index in [1.54, 1.807) is 0 Å². The first-order valence-electron chi connectivity index (χ1n) is 5.52. The number of rotatable bonds is 3. The molecular weight excluding hydrogens is 256 g/mol. The molecule has 0 spiro atoms. The molecule has 2 rings (SSSR count). The minimum absolute atomic E-state index is 0.0291. The fraction of sp³-hybridized carbons (Fsp3) is 0.333. The van der Waals surface area contributed by atoms with Gasteiger partial charge in [-0.25, -0.2) is 9.59 Å². The fourth-order valence-corrected chi connectivity index (χ4v) is 1.71. The highest BCUT2D eigenvalue weighted by molar-refractivity contribution is 6.31. The Morgan fingerprint density at radius 2 is 2.06 bits per heavy atom.